The van der Waals surface area contributed by atoms with Crippen LogP contribution in [0.25, 0.3) is 0 Å². The van der Waals surface area contributed by atoms with Crippen LogP contribution in [0.4, 0.5) is 5.82 Å². The molecule has 0 unspecified atom stereocenters. The molecule has 9 nitrogen and oxygen atoms in total. The van der Waals surface area contributed by atoms with Crippen LogP contribution in [0, 0.1) is 0 Å². The highest BCUT2D eigenvalue weighted by atomic mass is 32.2. The first-order valence-electron chi connectivity index (χ1n) is 6.48. The first-order chi connectivity index (χ1) is 10.1. The van der Waals surface area contributed by atoms with Gasteiger partial charge in [-0.05, 0) is 5.92 Å². The molecule has 0 aliphatic heterocycles. The van der Waals surface area contributed by atoms with Gasteiger partial charge < -0.3 is 4.57 Å². The largest absolute Gasteiger partial charge is 0.330 e. The highest BCUT2D eigenvalue weighted by molar-refractivity contribution is 7.92. The summed E-state index contributed by atoms with van der Waals surface area (Å²) in [6, 6.07) is 1.55. The second-order valence-corrected chi connectivity index (χ2v) is 6.87. The Labute approximate surface area is 126 Å². The molecule has 2 rings (SSSR count). The zero-order chi connectivity index (χ0) is 16.7. The monoisotopic (exact) mass is 327 g/mol. The lowest BCUT2D eigenvalue weighted by atomic mass is 10.1. The number of nitrogens with zero attached hydrogens (tertiary/aromatic N) is 3. The van der Waals surface area contributed by atoms with Crippen LogP contribution >= 0.6 is 0 Å². The second-order valence-electron chi connectivity index (χ2n) is 5.22. The summed E-state index contributed by atoms with van der Waals surface area (Å²) in [4.78, 5) is 23.1. The van der Waals surface area contributed by atoms with Crippen molar-refractivity contribution in [1.82, 2.24) is 19.3 Å². The Morgan fingerprint density at radius 3 is 2.45 bits per heavy atom. The van der Waals surface area contributed by atoms with Crippen molar-refractivity contribution in [3.05, 3.63) is 38.8 Å². The van der Waals surface area contributed by atoms with Crippen LogP contribution in [0.3, 0.4) is 0 Å². The molecule has 2 aromatic heterocycles. The van der Waals surface area contributed by atoms with Crippen molar-refractivity contribution in [2.75, 3.05) is 4.72 Å². The summed E-state index contributed by atoms with van der Waals surface area (Å²) in [5.41, 5.74) is -0.743. The Hall–Kier alpha value is -2.36. The number of hydrogen-bond acceptors (Lipinski definition) is 5. The molecule has 0 atom stereocenters. The number of aryl methyl sites for hydroxylation is 1. The van der Waals surface area contributed by atoms with Gasteiger partial charge in [0, 0.05) is 32.1 Å². The molecule has 2 N–H and O–H groups in total. The molecule has 0 bridgehead atoms. The number of nitrogens with one attached hydrogen (secondary N) is 2. The summed E-state index contributed by atoms with van der Waals surface area (Å²) in [5.74, 6) is 0.232. The normalized spacial score (nSPS) is 11.9. The van der Waals surface area contributed by atoms with Crippen molar-refractivity contribution >= 4 is 15.8 Å². The van der Waals surface area contributed by atoms with E-state index >= 15 is 0 Å². The minimum absolute atomic E-state index is 0.0830. The number of aromatic nitrogens is 4. The van der Waals surface area contributed by atoms with Gasteiger partial charge >= 0.3 is 5.69 Å². The SMILES string of the molecule is CC(C)c1cc(NS(=O)(=O)c2cn(C)c(=O)n(C)c2=O)n[nH]1. The Bertz CT molecular complexity index is 920. The van der Waals surface area contributed by atoms with Gasteiger partial charge in [-0.25, -0.2) is 13.2 Å². The lowest BCUT2D eigenvalue weighted by Crippen LogP contribution is -2.40. The molecule has 0 amide bonds. The molecule has 0 radical (unpaired) electrons. The van der Waals surface area contributed by atoms with Gasteiger partial charge in [-0.1, -0.05) is 13.8 Å². The standard InChI is InChI=1S/C12H17N5O4S/c1-7(2)8-5-10(14-13-8)15-22(20,21)9-6-16(3)12(19)17(4)11(9)18/h5-7H,1-4H3,(H2,13,14,15). The number of aromatic amines is 1. The summed E-state index contributed by atoms with van der Waals surface area (Å²) >= 11 is 0. The maximum absolute atomic E-state index is 12.3. The maximum Gasteiger partial charge on any atom is 0.330 e. The Morgan fingerprint density at radius 1 is 1.27 bits per heavy atom. The molecule has 10 heteroatoms. The average Bonchev–Trinajstić information content (AvgIpc) is 2.88. The van der Waals surface area contributed by atoms with Crippen LogP contribution in [0.15, 0.2) is 26.7 Å². The summed E-state index contributed by atoms with van der Waals surface area (Å²) in [5, 5.41) is 6.56. The number of hydrogen-bond donors (Lipinski definition) is 2. The summed E-state index contributed by atoms with van der Waals surface area (Å²) in [6.07, 6.45) is 0.989. The first kappa shape index (κ1) is 16.0. The molecule has 0 fully saturated rings. The van der Waals surface area contributed by atoms with Gasteiger partial charge in [0.2, 0.25) is 0 Å². The van der Waals surface area contributed by atoms with Gasteiger partial charge in [-0.15, -0.1) is 0 Å². The zero-order valence-corrected chi connectivity index (χ0v) is 13.4. The van der Waals surface area contributed by atoms with E-state index in [9.17, 15) is 18.0 Å². The van der Waals surface area contributed by atoms with E-state index in [-0.39, 0.29) is 11.7 Å². The minimum Gasteiger partial charge on any atom is -0.302 e. The van der Waals surface area contributed by atoms with Crippen molar-refractivity contribution in [1.29, 1.82) is 0 Å². The lowest BCUT2D eigenvalue weighted by molar-refractivity contribution is 0.589. The molecular formula is C12H17N5O4S. The van der Waals surface area contributed by atoms with Crippen LogP contribution in [-0.2, 0) is 24.1 Å². The Balaban J connectivity index is 2.47. The minimum atomic E-state index is -4.14. The van der Waals surface area contributed by atoms with E-state index in [1.54, 1.807) is 6.07 Å². The Kier molecular flexibility index (Phi) is 3.96. The molecule has 120 valence electrons. The molecule has 2 heterocycles. The smallest absolute Gasteiger partial charge is 0.302 e. The van der Waals surface area contributed by atoms with Crippen LogP contribution < -0.4 is 16.0 Å². The molecule has 0 aliphatic rings. The number of sulfonamides is 1. The van der Waals surface area contributed by atoms with E-state index in [1.165, 1.54) is 14.1 Å². The number of H-pyrrole nitrogens is 1. The van der Waals surface area contributed by atoms with E-state index in [0.29, 0.717) is 0 Å². The number of anilines is 1. The lowest BCUT2D eigenvalue weighted by Gasteiger charge is -2.08. The van der Waals surface area contributed by atoms with Crippen molar-refractivity contribution in [3.63, 3.8) is 0 Å². The van der Waals surface area contributed by atoms with E-state index in [4.69, 9.17) is 0 Å². The predicted molar refractivity (Wildman–Crippen MR) is 80.4 cm³/mol. The molecule has 22 heavy (non-hydrogen) atoms. The van der Waals surface area contributed by atoms with Gasteiger partial charge in [0.15, 0.2) is 10.7 Å². The van der Waals surface area contributed by atoms with E-state index in [1.807, 2.05) is 13.8 Å². The summed E-state index contributed by atoms with van der Waals surface area (Å²) in [7, 11) is -1.56. The fourth-order valence-corrected chi connectivity index (χ4v) is 2.99. The fourth-order valence-electron chi connectivity index (χ4n) is 1.84. The fraction of sp³-hybridized carbons (Fsp3) is 0.417. The molecule has 0 spiro atoms. The van der Waals surface area contributed by atoms with Gasteiger partial charge in [-0.3, -0.25) is 19.2 Å². The average molecular weight is 327 g/mol. The third-order valence-corrected chi connectivity index (χ3v) is 4.50. The number of rotatable bonds is 4. The highest BCUT2D eigenvalue weighted by Gasteiger charge is 2.22. The van der Waals surface area contributed by atoms with Gasteiger partial charge in [0.05, 0.1) is 0 Å². The van der Waals surface area contributed by atoms with Crippen LogP contribution in [0.5, 0.6) is 0 Å². The van der Waals surface area contributed by atoms with Crippen molar-refractivity contribution in [2.24, 2.45) is 14.1 Å². The molecule has 0 aromatic carbocycles. The summed E-state index contributed by atoms with van der Waals surface area (Å²) in [6.45, 7) is 3.85. The van der Waals surface area contributed by atoms with Gasteiger partial charge in [0.25, 0.3) is 15.6 Å². The third-order valence-electron chi connectivity index (χ3n) is 3.16. The van der Waals surface area contributed by atoms with Crippen molar-refractivity contribution in [3.8, 4) is 0 Å². The molecule has 0 aliphatic carbocycles. The topological polar surface area (TPSA) is 119 Å². The van der Waals surface area contributed by atoms with Gasteiger partial charge in [-0.2, -0.15) is 5.10 Å². The highest BCUT2D eigenvalue weighted by Crippen LogP contribution is 2.17. The first-order valence-corrected chi connectivity index (χ1v) is 7.96. The van der Waals surface area contributed by atoms with Crippen molar-refractivity contribution in [2.45, 2.75) is 24.7 Å². The molecule has 0 saturated heterocycles. The van der Waals surface area contributed by atoms with Crippen LogP contribution in [0.1, 0.15) is 25.5 Å². The van der Waals surface area contributed by atoms with Crippen LogP contribution in [-0.4, -0.2) is 27.7 Å². The second kappa shape index (κ2) is 5.44. The zero-order valence-electron chi connectivity index (χ0n) is 12.6. The molecule has 2 aromatic rings. The van der Waals surface area contributed by atoms with E-state index in [2.05, 4.69) is 14.9 Å². The quantitative estimate of drug-likeness (QED) is 0.801. The molecular weight excluding hydrogens is 310 g/mol. The predicted octanol–water partition coefficient (Wildman–Crippen LogP) is -0.269. The van der Waals surface area contributed by atoms with Crippen LogP contribution in [0.2, 0.25) is 0 Å². The molecule has 0 saturated carbocycles. The van der Waals surface area contributed by atoms with Crippen molar-refractivity contribution < 1.29 is 8.42 Å². The maximum atomic E-state index is 12.3. The van der Waals surface area contributed by atoms with E-state index in [0.717, 1.165) is 21.0 Å². The summed E-state index contributed by atoms with van der Waals surface area (Å²) < 4.78 is 28.6. The van der Waals surface area contributed by atoms with Gasteiger partial charge in [0.1, 0.15) is 0 Å². The van der Waals surface area contributed by atoms with E-state index < -0.39 is 26.2 Å². The third kappa shape index (κ3) is 2.82. The Morgan fingerprint density at radius 2 is 1.91 bits per heavy atom.